The molecular weight excluding hydrogens is 254 g/mol. The molecule has 0 saturated heterocycles. The van der Waals surface area contributed by atoms with Crippen molar-refractivity contribution in [3.63, 3.8) is 0 Å². The molecule has 0 aliphatic heterocycles. The molecular formula is C20H25N. The SMILES string of the molecule is Cc1ccc(CCC(N)c2cccc(C3CCC3)c2)cc1. The maximum Gasteiger partial charge on any atom is 0.0298 e. The molecule has 0 aromatic heterocycles. The Labute approximate surface area is 128 Å². The van der Waals surface area contributed by atoms with Gasteiger partial charge in [0.1, 0.15) is 0 Å². The van der Waals surface area contributed by atoms with Gasteiger partial charge in [0.05, 0.1) is 0 Å². The van der Waals surface area contributed by atoms with Crippen molar-refractivity contribution in [1.29, 1.82) is 0 Å². The predicted molar refractivity (Wildman–Crippen MR) is 89.5 cm³/mol. The van der Waals surface area contributed by atoms with E-state index >= 15 is 0 Å². The summed E-state index contributed by atoms with van der Waals surface area (Å²) in [4.78, 5) is 0. The molecule has 0 radical (unpaired) electrons. The molecule has 0 heterocycles. The molecule has 1 aliphatic rings. The van der Waals surface area contributed by atoms with Crippen molar-refractivity contribution in [3.05, 3.63) is 70.8 Å². The number of hydrogen-bond donors (Lipinski definition) is 1. The van der Waals surface area contributed by atoms with Gasteiger partial charge in [-0.3, -0.25) is 0 Å². The van der Waals surface area contributed by atoms with Crippen LogP contribution in [-0.2, 0) is 6.42 Å². The van der Waals surface area contributed by atoms with Gasteiger partial charge < -0.3 is 5.73 Å². The Kier molecular flexibility index (Phi) is 4.40. The Balaban J connectivity index is 1.62. The molecule has 1 nitrogen and oxygen atoms in total. The lowest BCUT2D eigenvalue weighted by Crippen LogP contribution is -2.13. The summed E-state index contributed by atoms with van der Waals surface area (Å²) in [5.74, 6) is 0.786. The van der Waals surface area contributed by atoms with Gasteiger partial charge in [-0.15, -0.1) is 0 Å². The van der Waals surface area contributed by atoms with Crippen LogP contribution in [0.25, 0.3) is 0 Å². The molecule has 3 rings (SSSR count). The van der Waals surface area contributed by atoms with Crippen molar-refractivity contribution in [2.45, 2.75) is 51.0 Å². The standard InChI is InChI=1S/C20H25N/c1-15-8-10-16(11-9-15)12-13-20(21)19-7-3-6-18(14-19)17-4-2-5-17/h3,6-11,14,17,20H,2,4-5,12-13,21H2,1H3. The lowest BCUT2D eigenvalue weighted by molar-refractivity contribution is 0.419. The molecule has 21 heavy (non-hydrogen) atoms. The van der Waals surface area contributed by atoms with Gasteiger partial charge >= 0.3 is 0 Å². The molecule has 0 spiro atoms. The third-order valence-electron chi connectivity index (χ3n) is 4.78. The van der Waals surface area contributed by atoms with Gasteiger partial charge in [0, 0.05) is 6.04 Å². The predicted octanol–water partition coefficient (Wildman–Crippen LogP) is 4.90. The number of rotatable bonds is 5. The zero-order chi connectivity index (χ0) is 14.7. The highest BCUT2D eigenvalue weighted by Crippen LogP contribution is 2.37. The Morgan fingerprint density at radius 1 is 1.10 bits per heavy atom. The first-order valence-corrected chi connectivity index (χ1v) is 8.13. The molecule has 110 valence electrons. The quantitative estimate of drug-likeness (QED) is 0.828. The van der Waals surface area contributed by atoms with Crippen molar-refractivity contribution >= 4 is 0 Å². The monoisotopic (exact) mass is 279 g/mol. The Bertz CT molecular complexity index is 581. The van der Waals surface area contributed by atoms with Crippen LogP contribution >= 0.6 is 0 Å². The molecule has 1 aliphatic carbocycles. The van der Waals surface area contributed by atoms with Crippen LogP contribution in [0.3, 0.4) is 0 Å². The smallest absolute Gasteiger partial charge is 0.0298 e. The van der Waals surface area contributed by atoms with Crippen LogP contribution in [0.15, 0.2) is 48.5 Å². The summed E-state index contributed by atoms with van der Waals surface area (Å²) in [6.45, 7) is 2.13. The summed E-state index contributed by atoms with van der Waals surface area (Å²) >= 11 is 0. The molecule has 1 saturated carbocycles. The van der Waals surface area contributed by atoms with Crippen LogP contribution in [0.1, 0.15) is 59.9 Å². The van der Waals surface area contributed by atoms with E-state index in [9.17, 15) is 0 Å². The van der Waals surface area contributed by atoms with Gasteiger partial charge in [-0.05, 0) is 55.2 Å². The zero-order valence-corrected chi connectivity index (χ0v) is 12.9. The minimum Gasteiger partial charge on any atom is -0.324 e. The fourth-order valence-corrected chi connectivity index (χ4v) is 3.03. The van der Waals surface area contributed by atoms with Gasteiger partial charge in [-0.2, -0.15) is 0 Å². The van der Waals surface area contributed by atoms with Gasteiger partial charge in [0.15, 0.2) is 0 Å². The average molecular weight is 279 g/mol. The summed E-state index contributed by atoms with van der Waals surface area (Å²) in [6, 6.07) is 17.9. The van der Waals surface area contributed by atoms with Gasteiger partial charge in [-0.25, -0.2) is 0 Å². The highest BCUT2D eigenvalue weighted by atomic mass is 14.6. The molecule has 0 bridgehead atoms. The minimum absolute atomic E-state index is 0.145. The number of aryl methyl sites for hydroxylation is 2. The first-order chi connectivity index (χ1) is 10.2. The largest absolute Gasteiger partial charge is 0.324 e. The fourth-order valence-electron chi connectivity index (χ4n) is 3.03. The third-order valence-corrected chi connectivity index (χ3v) is 4.78. The van der Waals surface area contributed by atoms with Crippen molar-refractivity contribution in [1.82, 2.24) is 0 Å². The van der Waals surface area contributed by atoms with E-state index in [0.717, 1.165) is 18.8 Å². The Morgan fingerprint density at radius 3 is 2.52 bits per heavy atom. The summed E-state index contributed by atoms with van der Waals surface area (Å²) in [5, 5.41) is 0. The molecule has 0 amide bonds. The molecule has 1 fully saturated rings. The Morgan fingerprint density at radius 2 is 1.86 bits per heavy atom. The highest BCUT2D eigenvalue weighted by molar-refractivity contribution is 5.30. The van der Waals surface area contributed by atoms with Gasteiger partial charge in [-0.1, -0.05) is 60.5 Å². The summed E-state index contributed by atoms with van der Waals surface area (Å²) < 4.78 is 0. The van der Waals surface area contributed by atoms with E-state index in [1.165, 1.54) is 41.5 Å². The number of nitrogens with two attached hydrogens (primary N) is 1. The molecule has 1 atom stereocenters. The summed E-state index contributed by atoms with van der Waals surface area (Å²) in [6.07, 6.45) is 6.14. The van der Waals surface area contributed by atoms with Gasteiger partial charge in [0.25, 0.3) is 0 Å². The molecule has 2 N–H and O–H groups in total. The summed E-state index contributed by atoms with van der Waals surface area (Å²) in [5.41, 5.74) is 11.9. The van der Waals surface area contributed by atoms with Crippen molar-refractivity contribution in [3.8, 4) is 0 Å². The van der Waals surface area contributed by atoms with E-state index in [0.29, 0.717) is 0 Å². The van der Waals surface area contributed by atoms with Crippen LogP contribution in [0, 0.1) is 6.92 Å². The lowest BCUT2D eigenvalue weighted by Gasteiger charge is -2.26. The van der Waals surface area contributed by atoms with Crippen LogP contribution in [0.5, 0.6) is 0 Å². The normalized spacial score (nSPS) is 16.5. The Hall–Kier alpha value is -1.60. The third kappa shape index (κ3) is 3.54. The van der Waals surface area contributed by atoms with Crippen molar-refractivity contribution in [2.75, 3.05) is 0 Å². The van der Waals surface area contributed by atoms with E-state index < -0.39 is 0 Å². The number of benzene rings is 2. The van der Waals surface area contributed by atoms with E-state index in [1.54, 1.807) is 0 Å². The van der Waals surface area contributed by atoms with Crippen LogP contribution in [0.2, 0.25) is 0 Å². The second-order valence-corrected chi connectivity index (χ2v) is 6.43. The first-order valence-electron chi connectivity index (χ1n) is 8.13. The second-order valence-electron chi connectivity index (χ2n) is 6.43. The van der Waals surface area contributed by atoms with Crippen LogP contribution in [-0.4, -0.2) is 0 Å². The maximum absolute atomic E-state index is 6.40. The lowest BCUT2D eigenvalue weighted by atomic mass is 9.79. The molecule has 2 aromatic carbocycles. The first kappa shape index (κ1) is 14.3. The van der Waals surface area contributed by atoms with E-state index in [2.05, 4.69) is 55.5 Å². The van der Waals surface area contributed by atoms with Crippen molar-refractivity contribution < 1.29 is 0 Å². The van der Waals surface area contributed by atoms with Crippen molar-refractivity contribution in [2.24, 2.45) is 5.73 Å². The maximum atomic E-state index is 6.40. The van der Waals surface area contributed by atoms with E-state index in [1.807, 2.05) is 0 Å². The van der Waals surface area contributed by atoms with E-state index in [-0.39, 0.29) is 6.04 Å². The second kappa shape index (κ2) is 6.44. The minimum atomic E-state index is 0.145. The molecule has 1 unspecified atom stereocenters. The molecule has 2 aromatic rings. The molecule has 1 heteroatoms. The summed E-state index contributed by atoms with van der Waals surface area (Å²) in [7, 11) is 0. The average Bonchev–Trinajstić information content (AvgIpc) is 2.45. The number of hydrogen-bond acceptors (Lipinski definition) is 1. The van der Waals surface area contributed by atoms with Crippen LogP contribution in [0.4, 0.5) is 0 Å². The topological polar surface area (TPSA) is 26.0 Å². The fraction of sp³-hybridized carbons (Fsp3) is 0.400. The van der Waals surface area contributed by atoms with Crippen LogP contribution < -0.4 is 5.73 Å². The zero-order valence-electron chi connectivity index (χ0n) is 12.9. The van der Waals surface area contributed by atoms with E-state index in [4.69, 9.17) is 5.73 Å². The van der Waals surface area contributed by atoms with Gasteiger partial charge in [0.2, 0.25) is 0 Å². The highest BCUT2D eigenvalue weighted by Gasteiger charge is 2.20.